The molecule has 0 saturated heterocycles. The van der Waals surface area contributed by atoms with E-state index >= 15 is 0 Å². The summed E-state index contributed by atoms with van der Waals surface area (Å²) in [5.41, 5.74) is 0. The molecular weight excluding hydrogens is 251 g/mol. The minimum atomic E-state index is 0.190. The number of phenols is 1. The monoisotopic (exact) mass is 256 g/mol. The van der Waals surface area contributed by atoms with Gasteiger partial charge in [0, 0.05) is 9.86 Å². The van der Waals surface area contributed by atoms with Crippen molar-refractivity contribution in [1.29, 1.82) is 0 Å². The molecule has 0 fully saturated rings. The van der Waals surface area contributed by atoms with E-state index in [-0.39, 0.29) is 5.75 Å². The summed E-state index contributed by atoms with van der Waals surface area (Å²) in [6.07, 6.45) is 0. The number of benzene rings is 2. The van der Waals surface area contributed by atoms with Gasteiger partial charge in [0.2, 0.25) is 0 Å². The topological polar surface area (TPSA) is 20.2 Å². The maximum absolute atomic E-state index is 9.30. The summed E-state index contributed by atoms with van der Waals surface area (Å²) in [4.78, 5) is 0. The smallest absolute Gasteiger partial charge is 0.117 e. The van der Waals surface area contributed by atoms with Gasteiger partial charge in [-0.05, 0) is 23.6 Å². The molecule has 0 aromatic heterocycles. The standard InChI is InChI=1S/C10H6BrClO/c11-8-3-1-2-6-4-7(13)5-9(12)10(6)8/h1-5,13H. The zero-order valence-corrected chi connectivity index (χ0v) is 8.93. The normalized spacial score (nSPS) is 10.6. The summed E-state index contributed by atoms with van der Waals surface area (Å²) in [5, 5.41) is 11.7. The number of fused-ring (bicyclic) bond motifs is 1. The van der Waals surface area contributed by atoms with Gasteiger partial charge >= 0.3 is 0 Å². The van der Waals surface area contributed by atoms with E-state index in [2.05, 4.69) is 15.9 Å². The summed E-state index contributed by atoms with van der Waals surface area (Å²) in [6.45, 7) is 0. The third-order valence-corrected chi connectivity index (χ3v) is 2.82. The van der Waals surface area contributed by atoms with Crippen molar-refractivity contribution >= 4 is 38.3 Å². The van der Waals surface area contributed by atoms with Crippen LogP contribution in [0.4, 0.5) is 0 Å². The average molecular weight is 258 g/mol. The fraction of sp³-hybridized carbons (Fsp3) is 0. The predicted octanol–water partition coefficient (Wildman–Crippen LogP) is 3.96. The lowest BCUT2D eigenvalue weighted by Crippen LogP contribution is -1.76. The van der Waals surface area contributed by atoms with E-state index in [1.807, 2.05) is 18.2 Å². The number of phenolic OH excluding ortho intramolecular Hbond substituents is 1. The molecule has 0 aliphatic carbocycles. The van der Waals surface area contributed by atoms with Crippen LogP contribution >= 0.6 is 27.5 Å². The van der Waals surface area contributed by atoms with Crippen molar-refractivity contribution in [2.45, 2.75) is 0 Å². The van der Waals surface area contributed by atoms with Gasteiger partial charge in [-0.2, -0.15) is 0 Å². The summed E-state index contributed by atoms with van der Waals surface area (Å²) < 4.78 is 0.940. The number of halogens is 2. The van der Waals surface area contributed by atoms with Crippen molar-refractivity contribution in [3.63, 3.8) is 0 Å². The number of hydrogen-bond donors (Lipinski definition) is 1. The molecule has 0 amide bonds. The first kappa shape index (κ1) is 8.85. The number of aromatic hydroxyl groups is 1. The third kappa shape index (κ3) is 1.52. The largest absolute Gasteiger partial charge is 0.508 e. The maximum atomic E-state index is 9.30. The van der Waals surface area contributed by atoms with E-state index in [0.717, 1.165) is 15.2 Å². The fourth-order valence-electron chi connectivity index (χ4n) is 1.32. The van der Waals surface area contributed by atoms with E-state index in [0.29, 0.717) is 5.02 Å². The van der Waals surface area contributed by atoms with Crippen molar-refractivity contribution in [3.8, 4) is 5.75 Å². The van der Waals surface area contributed by atoms with Crippen molar-refractivity contribution in [3.05, 3.63) is 39.8 Å². The highest BCUT2D eigenvalue weighted by Gasteiger charge is 2.04. The van der Waals surface area contributed by atoms with Gasteiger partial charge in [-0.3, -0.25) is 0 Å². The first-order valence-corrected chi connectivity index (χ1v) is 4.92. The molecule has 2 rings (SSSR count). The van der Waals surface area contributed by atoms with Crippen LogP contribution in [-0.2, 0) is 0 Å². The van der Waals surface area contributed by atoms with E-state index < -0.39 is 0 Å². The van der Waals surface area contributed by atoms with Gasteiger partial charge in [-0.25, -0.2) is 0 Å². The van der Waals surface area contributed by atoms with Crippen LogP contribution in [0.1, 0.15) is 0 Å². The Morgan fingerprint density at radius 3 is 2.77 bits per heavy atom. The predicted molar refractivity (Wildman–Crippen MR) is 58.3 cm³/mol. The lowest BCUT2D eigenvalue weighted by Gasteiger charge is -2.03. The number of hydrogen-bond acceptors (Lipinski definition) is 1. The maximum Gasteiger partial charge on any atom is 0.117 e. The SMILES string of the molecule is Oc1cc(Cl)c2c(Br)cccc2c1. The van der Waals surface area contributed by atoms with Crippen LogP contribution in [0.5, 0.6) is 5.75 Å². The minimum Gasteiger partial charge on any atom is -0.508 e. The molecule has 2 aromatic rings. The van der Waals surface area contributed by atoms with Crippen molar-refractivity contribution < 1.29 is 5.11 Å². The summed E-state index contributed by atoms with van der Waals surface area (Å²) >= 11 is 9.38. The summed E-state index contributed by atoms with van der Waals surface area (Å²) in [7, 11) is 0. The van der Waals surface area contributed by atoms with Crippen LogP contribution in [0.3, 0.4) is 0 Å². The summed E-state index contributed by atoms with van der Waals surface area (Å²) in [5.74, 6) is 0.190. The molecule has 0 aliphatic heterocycles. The third-order valence-electron chi connectivity index (χ3n) is 1.86. The molecule has 1 nitrogen and oxygen atoms in total. The van der Waals surface area contributed by atoms with Crippen LogP contribution in [-0.4, -0.2) is 5.11 Å². The highest BCUT2D eigenvalue weighted by Crippen LogP contribution is 2.33. The molecule has 2 aromatic carbocycles. The second kappa shape index (κ2) is 3.20. The van der Waals surface area contributed by atoms with Crippen LogP contribution < -0.4 is 0 Å². The first-order valence-electron chi connectivity index (χ1n) is 3.75. The molecule has 0 heterocycles. The second-order valence-electron chi connectivity index (χ2n) is 2.77. The Morgan fingerprint density at radius 2 is 2.00 bits per heavy atom. The lowest BCUT2D eigenvalue weighted by atomic mass is 10.1. The Morgan fingerprint density at radius 1 is 1.23 bits per heavy atom. The van der Waals surface area contributed by atoms with Crippen LogP contribution in [0.25, 0.3) is 10.8 Å². The highest BCUT2D eigenvalue weighted by molar-refractivity contribution is 9.10. The molecule has 0 aliphatic rings. The first-order chi connectivity index (χ1) is 6.18. The van der Waals surface area contributed by atoms with Crippen molar-refractivity contribution in [2.24, 2.45) is 0 Å². The molecule has 0 atom stereocenters. The molecule has 0 unspecified atom stereocenters. The van der Waals surface area contributed by atoms with Gasteiger partial charge in [-0.1, -0.05) is 39.7 Å². The fourth-order valence-corrected chi connectivity index (χ4v) is 2.35. The Balaban J connectivity index is 2.94. The Labute approximate surface area is 89.1 Å². The van der Waals surface area contributed by atoms with Crippen LogP contribution in [0.2, 0.25) is 5.02 Å². The Kier molecular flexibility index (Phi) is 2.18. The second-order valence-corrected chi connectivity index (χ2v) is 4.03. The van der Waals surface area contributed by atoms with Crippen LogP contribution in [0, 0.1) is 0 Å². The van der Waals surface area contributed by atoms with E-state index in [4.69, 9.17) is 11.6 Å². The molecule has 13 heavy (non-hydrogen) atoms. The average Bonchev–Trinajstić information content (AvgIpc) is 2.02. The molecule has 0 bridgehead atoms. The molecular formula is C10H6BrClO. The zero-order valence-electron chi connectivity index (χ0n) is 6.59. The molecule has 0 saturated carbocycles. The van der Waals surface area contributed by atoms with Gasteiger partial charge in [-0.15, -0.1) is 0 Å². The van der Waals surface area contributed by atoms with Gasteiger partial charge in [0.15, 0.2) is 0 Å². The molecule has 0 radical (unpaired) electrons. The van der Waals surface area contributed by atoms with Gasteiger partial charge in [0.25, 0.3) is 0 Å². The quantitative estimate of drug-likeness (QED) is 0.757. The molecule has 1 N–H and O–H groups in total. The van der Waals surface area contributed by atoms with Gasteiger partial charge in [0.1, 0.15) is 5.75 Å². The summed E-state index contributed by atoms with van der Waals surface area (Å²) in [6, 6.07) is 8.96. The molecule has 0 spiro atoms. The lowest BCUT2D eigenvalue weighted by molar-refractivity contribution is 0.476. The van der Waals surface area contributed by atoms with E-state index in [9.17, 15) is 5.11 Å². The minimum absolute atomic E-state index is 0.190. The van der Waals surface area contributed by atoms with Gasteiger partial charge < -0.3 is 5.11 Å². The Bertz CT molecular complexity index is 468. The van der Waals surface area contributed by atoms with E-state index in [1.165, 1.54) is 6.07 Å². The zero-order chi connectivity index (χ0) is 9.42. The van der Waals surface area contributed by atoms with Crippen molar-refractivity contribution in [1.82, 2.24) is 0 Å². The van der Waals surface area contributed by atoms with Crippen molar-refractivity contribution in [2.75, 3.05) is 0 Å². The van der Waals surface area contributed by atoms with E-state index in [1.54, 1.807) is 6.07 Å². The van der Waals surface area contributed by atoms with Crippen LogP contribution in [0.15, 0.2) is 34.8 Å². The molecule has 66 valence electrons. The molecule has 3 heteroatoms. The Hall–Kier alpha value is -0.730. The van der Waals surface area contributed by atoms with Gasteiger partial charge in [0.05, 0.1) is 5.02 Å². The number of rotatable bonds is 0. The highest BCUT2D eigenvalue weighted by atomic mass is 79.9.